The number of nitrogens with one attached hydrogen (secondary N) is 2. The Labute approximate surface area is 110 Å². The summed E-state index contributed by atoms with van der Waals surface area (Å²) in [4.78, 5) is 15.9. The van der Waals surface area contributed by atoms with Crippen LogP contribution in [0.2, 0.25) is 5.02 Å². The zero-order valence-electron chi connectivity index (χ0n) is 9.69. The molecular formula is C12H14ClN3O2. The number of hydrogen-bond acceptors (Lipinski definition) is 4. The van der Waals surface area contributed by atoms with Crippen molar-refractivity contribution in [1.82, 2.24) is 15.6 Å². The fourth-order valence-electron chi connectivity index (χ4n) is 2.78. The number of carbonyl (C=O) groups is 1. The van der Waals surface area contributed by atoms with Crippen molar-refractivity contribution in [2.75, 3.05) is 0 Å². The average Bonchev–Trinajstić information content (AvgIpc) is 2.94. The summed E-state index contributed by atoms with van der Waals surface area (Å²) in [5.41, 5.74) is 0.194. The van der Waals surface area contributed by atoms with Crippen LogP contribution >= 0.6 is 11.6 Å². The molecule has 18 heavy (non-hydrogen) atoms. The van der Waals surface area contributed by atoms with Crippen molar-refractivity contribution in [2.45, 2.75) is 37.4 Å². The molecule has 0 aromatic carbocycles. The maximum absolute atomic E-state index is 12.0. The second kappa shape index (κ2) is 4.40. The zero-order valence-corrected chi connectivity index (χ0v) is 10.4. The summed E-state index contributed by atoms with van der Waals surface area (Å²) in [6, 6.07) is 2.36. The van der Waals surface area contributed by atoms with E-state index in [1.165, 1.54) is 18.7 Å². The molecule has 2 aliphatic heterocycles. The van der Waals surface area contributed by atoms with Gasteiger partial charge in [-0.25, -0.2) is 4.98 Å². The summed E-state index contributed by atoms with van der Waals surface area (Å²) in [5.74, 6) is -0.385. The van der Waals surface area contributed by atoms with Gasteiger partial charge >= 0.3 is 0 Å². The molecule has 1 aromatic rings. The van der Waals surface area contributed by atoms with Crippen LogP contribution in [0.1, 0.15) is 29.8 Å². The molecule has 0 radical (unpaired) electrons. The van der Waals surface area contributed by atoms with Crippen LogP contribution in [0.5, 0.6) is 5.75 Å². The maximum Gasteiger partial charge on any atom is 0.270 e. The van der Waals surface area contributed by atoms with E-state index >= 15 is 0 Å². The van der Waals surface area contributed by atoms with Gasteiger partial charge in [0.2, 0.25) is 0 Å². The Morgan fingerprint density at radius 1 is 1.56 bits per heavy atom. The molecule has 2 saturated heterocycles. The number of aromatic nitrogens is 1. The highest BCUT2D eigenvalue weighted by Crippen LogP contribution is 2.28. The molecule has 2 fully saturated rings. The fraction of sp³-hybridized carbons (Fsp3) is 0.500. The number of hydrogen-bond donors (Lipinski definition) is 3. The van der Waals surface area contributed by atoms with Crippen molar-refractivity contribution in [1.29, 1.82) is 0 Å². The van der Waals surface area contributed by atoms with Crippen molar-refractivity contribution < 1.29 is 9.90 Å². The molecule has 2 aliphatic rings. The van der Waals surface area contributed by atoms with E-state index in [0.717, 1.165) is 12.8 Å². The first-order valence-corrected chi connectivity index (χ1v) is 6.42. The largest absolute Gasteiger partial charge is 0.506 e. The first kappa shape index (κ1) is 11.7. The predicted octanol–water partition coefficient (Wildman–Crippen LogP) is 1.06. The molecule has 0 unspecified atom stereocenters. The van der Waals surface area contributed by atoms with Gasteiger partial charge in [-0.2, -0.15) is 0 Å². The third-order valence-corrected chi connectivity index (χ3v) is 3.98. The van der Waals surface area contributed by atoms with E-state index in [1.807, 2.05) is 0 Å². The maximum atomic E-state index is 12.0. The van der Waals surface area contributed by atoms with Crippen molar-refractivity contribution in [3.8, 4) is 5.75 Å². The van der Waals surface area contributed by atoms with E-state index in [-0.39, 0.29) is 28.4 Å². The lowest BCUT2D eigenvalue weighted by atomic mass is 9.95. The Morgan fingerprint density at radius 3 is 3.00 bits per heavy atom. The Bertz CT molecular complexity index is 494. The van der Waals surface area contributed by atoms with Crippen LogP contribution in [0.4, 0.5) is 0 Å². The Morgan fingerprint density at radius 2 is 2.39 bits per heavy atom. The highest BCUT2D eigenvalue weighted by Gasteiger charge is 2.39. The normalized spacial score (nSPS) is 29.5. The third-order valence-electron chi connectivity index (χ3n) is 3.68. The Balaban J connectivity index is 1.69. The van der Waals surface area contributed by atoms with Gasteiger partial charge in [-0.1, -0.05) is 11.6 Å². The summed E-state index contributed by atoms with van der Waals surface area (Å²) >= 11 is 5.65. The first-order chi connectivity index (χ1) is 8.63. The zero-order chi connectivity index (χ0) is 12.7. The Kier molecular flexibility index (Phi) is 2.87. The summed E-state index contributed by atoms with van der Waals surface area (Å²) < 4.78 is 0. The minimum atomic E-state index is -0.263. The number of halogens is 1. The lowest BCUT2D eigenvalue weighted by Gasteiger charge is -2.21. The van der Waals surface area contributed by atoms with Gasteiger partial charge in [-0.15, -0.1) is 0 Å². The highest BCUT2D eigenvalue weighted by molar-refractivity contribution is 6.31. The molecule has 3 atom stereocenters. The highest BCUT2D eigenvalue weighted by atomic mass is 35.5. The van der Waals surface area contributed by atoms with Gasteiger partial charge in [-0.3, -0.25) is 4.79 Å². The van der Waals surface area contributed by atoms with Crippen LogP contribution < -0.4 is 10.6 Å². The lowest BCUT2D eigenvalue weighted by Crippen LogP contribution is -2.43. The van der Waals surface area contributed by atoms with E-state index in [4.69, 9.17) is 11.6 Å². The number of rotatable bonds is 2. The minimum absolute atomic E-state index is 0.122. The van der Waals surface area contributed by atoms with Crippen LogP contribution in [0.3, 0.4) is 0 Å². The van der Waals surface area contributed by atoms with Gasteiger partial charge < -0.3 is 15.7 Å². The molecule has 3 rings (SSSR count). The molecule has 5 nitrogen and oxygen atoms in total. The number of aromatic hydroxyl groups is 1. The van der Waals surface area contributed by atoms with Crippen molar-refractivity contribution in [3.63, 3.8) is 0 Å². The van der Waals surface area contributed by atoms with Gasteiger partial charge in [0, 0.05) is 24.2 Å². The van der Waals surface area contributed by atoms with Gasteiger partial charge in [0.25, 0.3) is 5.91 Å². The van der Waals surface area contributed by atoms with Gasteiger partial charge in [0.1, 0.15) is 16.5 Å². The summed E-state index contributed by atoms with van der Waals surface area (Å²) in [5, 5.41) is 16.0. The van der Waals surface area contributed by atoms with Crippen LogP contribution in [0, 0.1) is 0 Å². The molecular weight excluding hydrogens is 254 g/mol. The fourth-order valence-corrected chi connectivity index (χ4v) is 2.88. The number of fused-ring (bicyclic) bond motifs is 2. The van der Waals surface area contributed by atoms with Crippen molar-refractivity contribution >= 4 is 17.5 Å². The van der Waals surface area contributed by atoms with Gasteiger partial charge in [0.15, 0.2) is 0 Å². The standard InChI is InChI=1S/C12H14ClN3O2/c13-7-5-14-10(4-11(7)17)12(18)16-9-3-6-1-2-8(9)15-6/h4-6,8-9,15H,1-3H2,(H,14,17)(H,16,18)/t6-,8+,9-/m1/s1. The Hall–Kier alpha value is -1.33. The SMILES string of the molecule is O=C(N[C@@H]1C[C@H]2CC[C@@H]1N2)c1cc(O)c(Cl)cn1. The molecule has 1 amide bonds. The second-order valence-corrected chi connectivity index (χ2v) is 5.29. The van der Waals surface area contributed by atoms with E-state index in [9.17, 15) is 9.90 Å². The van der Waals surface area contributed by atoms with E-state index in [1.54, 1.807) is 0 Å². The molecule has 0 aliphatic carbocycles. The van der Waals surface area contributed by atoms with Crippen LogP contribution in [0.25, 0.3) is 0 Å². The van der Waals surface area contributed by atoms with Crippen molar-refractivity contribution in [3.05, 3.63) is 23.0 Å². The average molecular weight is 268 g/mol. The van der Waals surface area contributed by atoms with Crippen molar-refractivity contribution in [2.24, 2.45) is 0 Å². The second-order valence-electron chi connectivity index (χ2n) is 4.88. The summed E-state index contributed by atoms with van der Waals surface area (Å²) in [6.07, 6.45) is 4.55. The van der Waals surface area contributed by atoms with Gasteiger partial charge in [-0.05, 0) is 19.3 Å². The first-order valence-electron chi connectivity index (χ1n) is 6.05. The molecule has 6 heteroatoms. The topological polar surface area (TPSA) is 74.2 Å². The molecule has 3 heterocycles. The van der Waals surface area contributed by atoms with E-state index < -0.39 is 0 Å². The quantitative estimate of drug-likeness (QED) is 0.749. The number of carbonyl (C=O) groups excluding carboxylic acids is 1. The van der Waals surface area contributed by atoms with E-state index in [0.29, 0.717) is 12.1 Å². The number of amides is 1. The summed E-state index contributed by atoms with van der Waals surface area (Å²) in [7, 11) is 0. The molecule has 2 bridgehead atoms. The molecule has 1 aromatic heterocycles. The molecule has 3 N–H and O–H groups in total. The van der Waals surface area contributed by atoms with Crippen LogP contribution in [-0.4, -0.2) is 34.1 Å². The lowest BCUT2D eigenvalue weighted by molar-refractivity contribution is 0.0925. The smallest absolute Gasteiger partial charge is 0.270 e. The monoisotopic (exact) mass is 267 g/mol. The molecule has 96 valence electrons. The van der Waals surface area contributed by atoms with E-state index in [2.05, 4.69) is 15.6 Å². The third kappa shape index (κ3) is 2.04. The summed E-state index contributed by atoms with van der Waals surface area (Å²) in [6.45, 7) is 0. The predicted molar refractivity (Wildman–Crippen MR) is 66.7 cm³/mol. The van der Waals surface area contributed by atoms with Crippen LogP contribution in [-0.2, 0) is 0 Å². The molecule has 0 spiro atoms. The number of nitrogens with zero attached hydrogens (tertiary/aromatic N) is 1. The van der Waals surface area contributed by atoms with Crippen LogP contribution in [0.15, 0.2) is 12.3 Å². The molecule has 0 saturated carbocycles. The number of pyridine rings is 1. The van der Waals surface area contributed by atoms with Gasteiger partial charge in [0.05, 0.1) is 6.20 Å². The minimum Gasteiger partial charge on any atom is -0.506 e.